The van der Waals surface area contributed by atoms with E-state index in [4.69, 9.17) is 4.74 Å². The molecule has 1 saturated carbocycles. The minimum Gasteiger partial charge on any atom is -0.381 e. The maximum Gasteiger partial charge on any atom is 0.255 e. The van der Waals surface area contributed by atoms with E-state index >= 15 is 0 Å². The highest BCUT2D eigenvalue weighted by Gasteiger charge is 2.28. The molecule has 2 aromatic carbocycles. The Bertz CT molecular complexity index is 1030. The van der Waals surface area contributed by atoms with Crippen LogP contribution in [0, 0.1) is 19.8 Å². The van der Waals surface area contributed by atoms with Gasteiger partial charge in [-0.3, -0.25) is 4.79 Å². The van der Waals surface area contributed by atoms with Crippen molar-refractivity contribution in [1.29, 1.82) is 0 Å². The number of hydrogen-bond donors (Lipinski definition) is 2. The molecule has 0 radical (unpaired) electrons. The molecule has 1 unspecified atom stereocenters. The van der Waals surface area contributed by atoms with Crippen LogP contribution in [0.5, 0.6) is 0 Å². The second-order valence-electron chi connectivity index (χ2n) is 8.43. The average Bonchev–Trinajstić information content (AvgIpc) is 2.75. The van der Waals surface area contributed by atoms with Crippen LogP contribution in [-0.2, 0) is 14.8 Å². The fourth-order valence-electron chi connectivity index (χ4n) is 4.19. The average molecular weight is 445 g/mol. The molecule has 0 heterocycles. The third kappa shape index (κ3) is 5.73. The number of sulfonamides is 1. The van der Waals surface area contributed by atoms with Gasteiger partial charge in [0.1, 0.15) is 0 Å². The van der Waals surface area contributed by atoms with Crippen LogP contribution in [-0.4, -0.2) is 33.6 Å². The molecule has 1 fully saturated rings. The van der Waals surface area contributed by atoms with Crippen molar-refractivity contribution in [2.45, 2.75) is 63.5 Å². The molecule has 6 nitrogen and oxygen atoms in total. The number of methoxy groups -OCH3 is 1. The van der Waals surface area contributed by atoms with E-state index in [2.05, 4.69) is 10.0 Å². The fourth-order valence-corrected chi connectivity index (χ4v) is 5.59. The fraction of sp³-hybridized carbons (Fsp3) is 0.458. The number of nitrogens with one attached hydrogen (secondary N) is 2. The highest BCUT2D eigenvalue weighted by Crippen LogP contribution is 2.29. The first-order valence-corrected chi connectivity index (χ1v) is 12.2. The zero-order chi connectivity index (χ0) is 22.6. The van der Waals surface area contributed by atoms with Crippen LogP contribution in [0.2, 0.25) is 0 Å². The molecule has 2 aromatic rings. The summed E-state index contributed by atoms with van der Waals surface area (Å²) in [5.74, 6) is 0.0881. The number of carbonyl (C=O) groups excluding carboxylic acids is 1. The number of rotatable bonds is 7. The lowest BCUT2D eigenvalue weighted by Crippen LogP contribution is -2.40. The normalized spacial score (nSPS) is 20.3. The molecule has 31 heavy (non-hydrogen) atoms. The van der Waals surface area contributed by atoms with Crippen molar-refractivity contribution < 1.29 is 17.9 Å². The summed E-state index contributed by atoms with van der Waals surface area (Å²) in [5, 5.41) is 2.88. The van der Waals surface area contributed by atoms with Gasteiger partial charge >= 0.3 is 0 Å². The lowest BCUT2D eigenvalue weighted by Gasteiger charge is -2.31. The molecule has 1 aliphatic carbocycles. The molecule has 1 aliphatic rings. The molecule has 0 bridgehead atoms. The van der Waals surface area contributed by atoms with Crippen LogP contribution in [0.4, 0.5) is 5.69 Å². The van der Waals surface area contributed by atoms with Gasteiger partial charge in [0.05, 0.1) is 11.0 Å². The minimum absolute atomic E-state index is 0.149. The predicted molar refractivity (Wildman–Crippen MR) is 123 cm³/mol. The second-order valence-corrected chi connectivity index (χ2v) is 10.1. The van der Waals surface area contributed by atoms with Gasteiger partial charge in [-0.2, -0.15) is 0 Å². The number of benzene rings is 2. The van der Waals surface area contributed by atoms with Gasteiger partial charge < -0.3 is 10.1 Å². The minimum atomic E-state index is -3.65. The number of ether oxygens (including phenoxy) is 1. The maximum absolute atomic E-state index is 12.9. The Labute approximate surface area is 185 Å². The zero-order valence-electron chi connectivity index (χ0n) is 18.6. The Morgan fingerprint density at radius 1 is 1.03 bits per heavy atom. The number of aryl methyl sites for hydroxylation is 2. The van der Waals surface area contributed by atoms with Crippen molar-refractivity contribution >= 4 is 21.6 Å². The lowest BCUT2D eigenvalue weighted by atomic mass is 9.83. The molecular formula is C24H32N2O4S. The van der Waals surface area contributed by atoms with Gasteiger partial charge in [0.25, 0.3) is 5.91 Å². The predicted octanol–water partition coefficient (Wildman–Crippen LogP) is 4.43. The number of hydrogen-bond acceptors (Lipinski definition) is 4. The van der Waals surface area contributed by atoms with Crippen molar-refractivity contribution in [2.24, 2.45) is 5.92 Å². The van der Waals surface area contributed by atoms with Crippen molar-refractivity contribution in [3.8, 4) is 0 Å². The Hall–Kier alpha value is -2.22. The molecule has 0 aromatic heterocycles. The molecular weight excluding hydrogens is 412 g/mol. The first-order chi connectivity index (χ1) is 14.7. The van der Waals surface area contributed by atoms with Gasteiger partial charge in [-0.25, -0.2) is 13.1 Å². The van der Waals surface area contributed by atoms with Gasteiger partial charge in [-0.15, -0.1) is 0 Å². The van der Waals surface area contributed by atoms with Gasteiger partial charge in [0.15, 0.2) is 0 Å². The van der Waals surface area contributed by atoms with Gasteiger partial charge in [0, 0.05) is 24.4 Å². The molecule has 3 rings (SSSR count). The summed E-state index contributed by atoms with van der Waals surface area (Å²) in [6.45, 7) is 5.60. The topological polar surface area (TPSA) is 84.5 Å². The van der Waals surface area contributed by atoms with Crippen molar-refractivity contribution in [3.63, 3.8) is 0 Å². The summed E-state index contributed by atoms with van der Waals surface area (Å²) >= 11 is 0. The SMILES string of the molecule is COC1CCC(C(C)NS(=O)(=O)c2ccc(NC(=O)c3ccccc3C)c(C)c2)CC1. The summed E-state index contributed by atoms with van der Waals surface area (Å²) in [6, 6.07) is 12.0. The monoisotopic (exact) mass is 444 g/mol. The largest absolute Gasteiger partial charge is 0.381 e. The van der Waals surface area contributed by atoms with Crippen LogP contribution in [0.3, 0.4) is 0 Å². The maximum atomic E-state index is 12.9. The summed E-state index contributed by atoms with van der Waals surface area (Å²) in [4.78, 5) is 12.8. The van der Waals surface area contributed by atoms with E-state index in [0.717, 1.165) is 31.2 Å². The number of carbonyl (C=O) groups is 1. The van der Waals surface area contributed by atoms with E-state index in [-0.39, 0.29) is 22.9 Å². The molecule has 2 N–H and O–H groups in total. The first kappa shape index (κ1) is 23.4. The Balaban J connectivity index is 1.68. The van der Waals surface area contributed by atoms with Gasteiger partial charge in [-0.05, 0) is 87.8 Å². The Morgan fingerprint density at radius 3 is 2.32 bits per heavy atom. The quantitative estimate of drug-likeness (QED) is 0.662. The van der Waals surface area contributed by atoms with Crippen LogP contribution in [0.15, 0.2) is 47.4 Å². The molecule has 7 heteroatoms. The first-order valence-electron chi connectivity index (χ1n) is 10.7. The van der Waals surface area contributed by atoms with E-state index in [1.54, 1.807) is 32.2 Å². The van der Waals surface area contributed by atoms with Crippen molar-refractivity contribution in [2.75, 3.05) is 12.4 Å². The molecule has 1 amide bonds. The van der Waals surface area contributed by atoms with Crippen LogP contribution >= 0.6 is 0 Å². The van der Waals surface area contributed by atoms with Crippen molar-refractivity contribution in [3.05, 3.63) is 59.2 Å². The zero-order valence-corrected chi connectivity index (χ0v) is 19.5. The van der Waals surface area contributed by atoms with E-state index in [1.807, 2.05) is 32.0 Å². The molecule has 168 valence electrons. The van der Waals surface area contributed by atoms with Crippen LogP contribution in [0.1, 0.15) is 54.1 Å². The molecule has 1 atom stereocenters. The third-order valence-corrected chi connectivity index (χ3v) is 7.80. The van der Waals surface area contributed by atoms with E-state index in [1.165, 1.54) is 6.07 Å². The highest BCUT2D eigenvalue weighted by atomic mass is 32.2. The second kappa shape index (κ2) is 9.94. The number of amides is 1. The molecule has 0 spiro atoms. The summed E-state index contributed by atoms with van der Waals surface area (Å²) < 4.78 is 34.1. The van der Waals surface area contributed by atoms with Crippen LogP contribution < -0.4 is 10.0 Å². The van der Waals surface area contributed by atoms with E-state index < -0.39 is 10.0 Å². The van der Waals surface area contributed by atoms with E-state index in [9.17, 15) is 13.2 Å². The van der Waals surface area contributed by atoms with Crippen LogP contribution in [0.25, 0.3) is 0 Å². The Morgan fingerprint density at radius 2 is 1.71 bits per heavy atom. The van der Waals surface area contributed by atoms with Crippen molar-refractivity contribution in [1.82, 2.24) is 4.72 Å². The number of anilines is 1. The highest BCUT2D eigenvalue weighted by molar-refractivity contribution is 7.89. The summed E-state index contributed by atoms with van der Waals surface area (Å²) in [6.07, 6.45) is 4.10. The van der Waals surface area contributed by atoms with E-state index in [0.29, 0.717) is 22.7 Å². The molecule has 0 saturated heterocycles. The molecule has 0 aliphatic heterocycles. The smallest absolute Gasteiger partial charge is 0.255 e. The Kier molecular flexibility index (Phi) is 7.51. The summed E-state index contributed by atoms with van der Waals surface area (Å²) in [7, 11) is -1.92. The van der Waals surface area contributed by atoms with Gasteiger partial charge in [0.2, 0.25) is 10.0 Å². The summed E-state index contributed by atoms with van der Waals surface area (Å²) in [5.41, 5.74) is 2.77. The third-order valence-electron chi connectivity index (χ3n) is 6.25. The van der Waals surface area contributed by atoms with Gasteiger partial charge in [-0.1, -0.05) is 18.2 Å². The lowest BCUT2D eigenvalue weighted by molar-refractivity contribution is 0.0529. The standard InChI is InChI=1S/C24H32N2O4S/c1-16-7-5-6-8-22(16)24(27)25-23-14-13-21(15-17(23)2)31(28,29)26-18(3)19-9-11-20(30-4)12-10-19/h5-8,13-15,18-20,26H,9-12H2,1-4H3,(H,25,27).